The number of nitriles is 1. The number of aromatic nitrogens is 1. The third-order valence-electron chi connectivity index (χ3n) is 4.53. The molecule has 1 aromatic heterocycles. The van der Waals surface area contributed by atoms with E-state index in [1.807, 2.05) is 19.2 Å². The normalized spacial score (nSPS) is 21.2. The van der Waals surface area contributed by atoms with Crippen molar-refractivity contribution in [3.63, 3.8) is 0 Å². The molecule has 2 atom stereocenters. The van der Waals surface area contributed by atoms with Crippen molar-refractivity contribution in [2.45, 2.75) is 12.1 Å². The van der Waals surface area contributed by atoms with E-state index < -0.39 is 0 Å². The molecule has 5 heteroatoms. The highest BCUT2D eigenvalue weighted by Crippen LogP contribution is 2.30. The zero-order chi connectivity index (χ0) is 16.9. The van der Waals surface area contributed by atoms with E-state index in [0.717, 1.165) is 18.8 Å². The summed E-state index contributed by atoms with van der Waals surface area (Å²) in [5.41, 5.74) is 2.73. The topological polar surface area (TPSA) is 52.4 Å². The minimum atomic E-state index is 0.0378. The third-order valence-corrected chi connectivity index (χ3v) is 4.53. The molecule has 24 heavy (non-hydrogen) atoms. The maximum absolute atomic E-state index is 9.29. The number of ether oxygens (including phenoxy) is 1. The second kappa shape index (κ2) is 7.43. The standard InChI is InChI=1S/C19H22N4O/c1-22-10-11-24-18(19(22)15-6-4-3-5-7-15)14-23(2)17-8-9-21-13-16(17)12-20/h3-9,13,18-19H,10-11,14H2,1-2H3/t18-,19-/m0/s1. The number of hydrogen-bond donors (Lipinski definition) is 0. The summed E-state index contributed by atoms with van der Waals surface area (Å²) in [5, 5.41) is 9.29. The van der Waals surface area contributed by atoms with Gasteiger partial charge in [0, 0.05) is 32.5 Å². The fraction of sp³-hybridized carbons (Fsp3) is 0.368. The SMILES string of the molecule is CN(C[C@@H]1OCCN(C)[C@H]1c1ccccc1)c1ccncc1C#N. The lowest BCUT2D eigenvalue weighted by Gasteiger charge is -2.41. The Morgan fingerprint density at radius 3 is 2.88 bits per heavy atom. The molecule has 1 aliphatic rings. The number of nitrogens with zero attached hydrogens (tertiary/aromatic N) is 4. The molecule has 1 aromatic carbocycles. The average molecular weight is 322 g/mol. The Balaban J connectivity index is 1.83. The first-order valence-corrected chi connectivity index (χ1v) is 8.12. The van der Waals surface area contributed by atoms with Crippen LogP contribution in [0.5, 0.6) is 0 Å². The molecule has 1 saturated heterocycles. The molecule has 1 aliphatic heterocycles. The molecule has 124 valence electrons. The second-order valence-corrected chi connectivity index (χ2v) is 6.13. The first kappa shape index (κ1) is 16.4. The summed E-state index contributed by atoms with van der Waals surface area (Å²) in [6.45, 7) is 2.35. The molecule has 0 bridgehead atoms. The van der Waals surface area contributed by atoms with Crippen LogP contribution in [0.15, 0.2) is 48.8 Å². The van der Waals surface area contributed by atoms with Gasteiger partial charge in [0.15, 0.2) is 0 Å². The number of benzene rings is 1. The minimum Gasteiger partial charge on any atom is -0.373 e. The van der Waals surface area contributed by atoms with E-state index in [4.69, 9.17) is 4.74 Å². The van der Waals surface area contributed by atoms with Gasteiger partial charge in [-0.05, 0) is 18.7 Å². The molecule has 0 N–H and O–H groups in total. The number of hydrogen-bond acceptors (Lipinski definition) is 5. The summed E-state index contributed by atoms with van der Waals surface area (Å²) in [5.74, 6) is 0. The Labute approximate surface area is 143 Å². The van der Waals surface area contributed by atoms with Crippen molar-refractivity contribution in [1.29, 1.82) is 5.26 Å². The first-order chi connectivity index (χ1) is 11.7. The Morgan fingerprint density at radius 2 is 2.12 bits per heavy atom. The van der Waals surface area contributed by atoms with Crippen LogP contribution in [0, 0.1) is 11.3 Å². The lowest BCUT2D eigenvalue weighted by atomic mass is 9.98. The molecule has 2 heterocycles. The molecule has 0 radical (unpaired) electrons. The van der Waals surface area contributed by atoms with Crippen molar-refractivity contribution < 1.29 is 4.74 Å². The summed E-state index contributed by atoms with van der Waals surface area (Å²) >= 11 is 0. The molecular formula is C19H22N4O. The quantitative estimate of drug-likeness (QED) is 0.865. The van der Waals surface area contributed by atoms with Crippen LogP contribution in [0.4, 0.5) is 5.69 Å². The van der Waals surface area contributed by atoms with E-state index in [2.05, 4.69) is 52.2 Å². The first-order valence-electron chi connectivity index (χ1n) is 8.12. The molecule has 0 amide bonds. The molecule has 1 fully saturated rings. The van der Waals surface area contributed by atoms with Crippen molar-refractivity contribution in [3.05, 3.63) is 59.9 Å². The van der Waals surface area contributed by atoms with Crippen LogP contribution in [0.2, 0.25) is 0 Å². The van der Waals surface area contributed by atoms with E-state index in [1.165, 1.54) is 5.56 Å². The lowest BCUT2D eigenvalue weighted by molar-refractivity contribution is -0.0580. The molecule has 0 spiro atoms. The predicted octanol–water partition coefficient (Wildman–Crippen LogP) is 2.46. The summed E-state index contributed by atoms with van der Waals surface area (Å²) < 4.78 is 6.10. The fourth-order valence-corrected chi connectivity index (χ4v) is 3.31. The van der Waals surface area contributed by atoms with Crippen molar-refractivity contribution in [3.8, 4) is 6.07 Å². The van der Waals surface area contributed by atoms with Crippen LogP contribution in [0.1, 0.15) is 17.2 Å². The van der Waals surface area contributed by atoms with Gasteiger partial charge < -0.3 is 9.64 Å². The van der Waals surface area contributed by atoms with Crippen molar-refractivity contribution in [2.75, 3.05) is 38.7 Å². The largest absolute Gasteiger partial charge is 0.373 e. The number of rotatable bonds is 4. The molecule has 0 aliphatic carbocycles. The minimum absolute atomic E-state index is 0.0378. The van der Waals surface area contributed by atoms with Gasteiger partial charge in [-0.25, -0.2) is 0 Å². The van der Waals surface area contributed by atoms with Crippen LogP contribution in [0.25, 0.3) is 0 Å². The van der Waals surface area contributed by atoms with E-state index >= 15 is 0 Å². The number of pyridine rings is 1. The van der Waals surface area contributed by atoms with Crippen LogP contribution in [0.3, 0.4) is 0 Å². The number of likely N-dealkylation sites (N-methyl/N-ethyl adjacent to an activating group) is 2. The van der Waals surface area contributed by atoms with Gasteiger partial charge in [0.2, 0.25) is 0 Å². The monoisotopic (exact) mass is 322 g/mol. The Bertz CT molecular complexity index is 713. The Hall–Kier alpha value is -2.42. The molecule has 3 rings (SSSR count). The third kappa shape index (κ3) is 3.40. The lowest BCUT2D eigenvalue weighted by Crippen LogP contribution is -2.47. The zero-order valence-corrected chi connectivity index (χ0v) is 14.1. The van der Waals surface area contributed by atoms with E-state index in [-0.39, 0.29) is 12.1 Å². The number of anilines is 1. The Morgan fingerprint density at radius 1 is 1.33 bits per heavy atom. The van der Waals surface area contributed by atoms with Crippen molar-refractivity contribution >= 4 is 5.69 Å². The van der Waals surface area contributed by atoms with Crippen molar-refractivity contribution in [1.82, 2.24) is 9.88 Å². The van der Waals surface area contributed by atoms with Gasteiger partial charge in [-0.1, -0.05) is 30.3 Å². The highest BCUT2D eigenvalue weighted by atomic mass is 16.5. The maximum atomic E-state index is 9.29. The van der Waals surface area contributed by atoms with Gasteiger partial charge in [-0.2, -0.15) is 5.26 Å². The summed E-state index contributed by atoms with van der Waals surface area (Å²) in [6, 6.07) is 14.8. The van der Waals surface area contributed by atoms with Gasteiger partial charge in [0.25, 0.3) is 0 Å². The zero-order valence-electron chi connectivity index (χ0n) is 14.1. The van der Waals surface area contributed by atoms with Gasteiger partial charge in [-0.3, -0.25) is 9.88 Å². The van der Waals surface area contributed by atoms with Crippen molar-refractivity contribution in [2.24, 2.45) is 0 Å². The summed E-state index contributed by atoms with van der Waals surface area (Å²) in [4.78, 5) is 8.46. The molecule has 2 aromatic rings. The van der Waals surface area contributed by atoms with E-state index in [0.29, 0.717) is 12.1 Å². The number of morpholine rings is 1. The van der Waals surface area contributed by atoms with Gasteiger partial charge in [0.05, 0.1) is 30.0 Å². The summed E-state index contributed by atoms with van der Waals surface area (Å²) in [6.07, 6.45) is 3.36. The van der Waals surface area contributed by atoms with Gasteiger partial charge >= 0.3 is 0 Å². The molecular weight excluding hydrogens is 300 g/mol. The predicted molar refractivity (Wildman–Crippen MR) is 93.8 cm³/mol. The second-order valence-electron chi connectivity index (χ2n) is 6.13. The van der Waals surface area contributed by atoms with Crippen LogP contribution in [-0.2, 0) is 4.74 Å². The average Bonchev–Trinajstić information content (AvgIpc) is 2.62. The highest BCUT2D eigenvalue weighted by Gasteiger charge is 2.32. The van der Waals surface area contributed by atoms with E-state index in [9.17, 15) is 5.26 Å². The molecule has 5 nitrogen and oxygen atoms in total. The molecule has 0 unspecified atom stereocenters. The molecule has 0 saturated carbocycles. The van der Waals surface area contributed by atoms with Gasteiger partial charge in [0.1, 0.15) is 6.07 Å². The van der Waals surface area contributed by atoms with Crippen LogP contribution < -0.4 is 4.90 Å². The Kier molecular flexibility index (Phi) is 5.09. The summed E-state index contributed by atoms with van der Waals surface area (Å²) in [7, 11) is 4.14. The van der Waals surface area contributed by atoms with Crippen LogP contribution in [-0.4, -0.2) is 49.8 Å². The van der Waals surface area contributed by atoms with Crippen LogP contribution >= 0.6 is 0 Å². The fourth-order valence-electron chi connectivity index (χ4n) is 3.31. The smallest absolute Gasteiger partial charge is 0.103 e. The highest BCUT2D eigenvalue weighted by molar-refractivity contribution is 5.57. The van der Waals surface area contributed by atoms with E-state index in [1.54, 1.807) is 12.4 Å². The maximum Gasteiger partial charge on any atom is 0.103 e. The van der Waals surface area contributed by atoms with Gasteiger partial charge in [-0.15, -0.1) is 0 Å².